The first-order valence-electron chi connectivity index (χ1n) is 8.10. The number of aliphatic hydroxyl groups excluding tert-OH is 2. The molecule has 5 heteroatoms. The fourth-order valence-electron chi connectivity index (χ4n) is 3.64. The molecule has 1 aliphatic carbocycles. The van der Waals surface area contributed by atoms with Crippen LogP contribution in [-0.4, -0.2) is 46.7 Å². The fourth-order valence-corrected chi connectivity index (χ4v) is 3.64. The Morgan fingerprint density at radius 1 is 1.55 bits per heavy atom. The smallest absolute Gasteiger partial charge is 0.302 e. The van der Waals surface area contributed by atoms with Gasteiger partial charge in [-0.2, -0.15) is 0 Å². The van der Waals surface area contributed by atoms with Gasteiger partial charge in [0.05, 0.1) is 18.3 Å². The van der Waals surface area contributed by atoms with Gasteiger partial charge in [0.25, 0.3) is 0 Å². The zero-order valence-electron chi connectivity index (χ0n) is 13.9. The number of aliphatic hydroxyl groups is 2. The van der Waals surface area contributed by atoms with E-state index in [9.17, 15) is 15.0 Å². The molecule has 0 radical (unpaired) electrons. The van der Waals surface area contributed by atoms with Crippen LogP contribution in [0.4, 0.5) is 0 Å². The minimum Gasteiger partial charge on any atom is -0.462 e. The van der Waals surface area contributed by atoms with E-state index in [1.54, 1.807) is 0 Å². The zero-order chi connectivity index (χ0) is 16.5. The molecule has 1 fully saturated rings. The van der Waals surface area contributed by atoms with Crippen molar-refractivity contribution in [2.24, 2.45) is 11.8 Å². The number of esters is 1. The minimum absolute atomic E-state index is 0.0559. The Hall–Kier alpha value is -0.910. The van der Waals surface area contributed by atoms with Crippen LogP contribution in [0, 0.1) is 11.8 Å². The zero-order valence-corrected chi connectivity index (χ0v) is 13.9. The number of hydrogen-bond acceptors (Lipinski definition) is 5. The molecular formula is C17H28O5. The lowest BCUT2D eigenvalue weighted by Gasteiger charge is -2.34. The topological polar surface area (TPSA) is 79.3 Å². The molecule has 22 heavy (non-hydrogen) atoms. The highest BCUT2D eigenvalue weighted by Crippen LogP contribution is 2.46. The van der Waals surface area contributed by atoms with Crippen LogP contribution in [0.1, 0.15) is 47.0 Å². The van der Waals surface area contributed by atoms with E-state index in [0.717, 1.165) is 18.4 Å². The number of allylic oxidation sites excluding steroid dienone is 1. The van der Waals surface area contributed by atoms with E-state index in [1.807, 2.05) is 26.8 Å². The van der Waals surface area contributed by atoms with Gasteiger partial charge in [0.15, 0.2) is 0 Å². The van der Waals surface area contributed by atoms with Gasteiger partial charge in [-0.25, -0.2) is 0 Å². The Morgan fingerprint density at radius 3 is 2.77 bits per heavy atom. The van der Waals surface area contributed by atoms with Crippen LogP contribution >= 0.6 is 0 Å². The standard InChI is InChI=1S/C17H28O5/c1-10(2)14-13(21-11(3)19)8-12(9-18)6-5-7-17(4)16(22-17)15(14)20/h6,10,13-16,18,20H,5,7-9H2,1-4H3/b12-6+/t13-,14?,15+,16+,17-/m1/s1. The molecule has 0 bridgehead atoms. The molecule has 0 aromatic heterocycles. The van der Waals surface area contributed by atoms with E-state index < -0.39 is 12.2 Å². The molecule has 1 aliphatic heterocycles. The molecule has 1 heterocycles. The number of rotatable bonds is 3. The molecule has 2 rings (SSSR count). The van der Waals surface area contributed by atoms with Crippen molar-refractivity contribution in [3.63, 3.8) is 0 Å². The molecule has 0 saturated carbocycles. The van der Waals surface area contributed by atoms with Gasteiger partial charge in [0, 0.05) is 19.3 Å². The first kappa shape index (κ1) is 17.4. The van der Waals surface area contributed by atoms with Crippen molar-refractivity contribution in [1.82, 2.24) is 0 Å². The molecule has 0 spiro atoms. The second-order valence-electron chi connectivity index (χ2n) is 7.07. The van der Waals surface area contributed by atoms with Crippen LogP contribution in [0.25, 0.3) is 0 Å². The Kier molecular flexibility index (Phi) is 5.30. The van der Waals surface area contributed by atoms with Crippen molar-refractivity contribution in [2.45, 2.75) is 70.9 Å². The molecule has 126 valence electrons. The van der Waals surface area contributed by atoms with Gasteiger partial charge in [-0.1, -0.05) is 19.9 Å². The molecule has 5 nitrogen and oxygen atoms in total. The highest BCUT2D eigenvalue weighted by Gasteiger charge is 2.58. The van der Waals surface area contributed by atoms with Crippen molar-refractivity contribution < 1.29 is 24.5 Å². The molecule has 1 saturated heterocycles. The van der Waals surface area contributed by atoms with E-state index in [-0.39, 0.29) is 36.1 Å². The molecule has 1 unspecified atom stereocenters. The van der Waals surface area contributed by atoms with Crippen molar-refractivity contribution in [3.05, 3.63) is 11.6 Å². The molecule has 2 aliphatic rings. The Balaban J connectivity index is 2.32. The fraction of sp³-hybridized carbons (Fsp3) is 0.824. The van der Waals surface area contributed by atoms with Crippen molar-refractivity contribution in [2.75, 3.05) is 6.61 Å². The number of carbonyl (C=O) groups excluding carboxylic acids is 1. The third-order valence-electron chi connectivity index (χ3n) is 4.90. The molecule has 0 amide bonds. The average molecular weight is 312 g/mol. The lowest BCUT2D eigenvalue weighted by Crippen LogP contribution is -2.43. The first-order chi connectivity index (χ1) is 10.3. The van der Waals surface area contributed by atoms with E-state index in [1.165, 1.54) is 6.92 Å². The summed E-state index contributed by atoms with van der Waals surface area (Å²) < 4.78 is 11.3. The lowest BCUT2D eigenvalue weighted by molar-refractivity contribution is -0.153. The summed E-state index contributed by atoms with van der Waals surface area (Å²) in [7, 11) is 0. The normalized spacial score (nSPS) is 41.3. The number of carbonyl (C=O) groups is 1. The highest BCUT2D eigenvalue weighted by molar-refractivity contribution is 5.66. The van der Waals surface area contributed by atoms with E-state index >= 15 is 0 Å². The predicted molar refractivity (Wildman–Crippen MR) is 82.2 cm³/mol. The monoisotopic (exact) mass is 312 g/mol. The average Bonchev–Trinajstić information content (AvgIpc) is 3.08. The quantitative estimate of drug-likeness (QED) is 0.472. The molecule has 0 aromatic rings. The molecule has 0 aromatic carbocycles. The summed E-state index contributed by atoms with van der Waals surface area (Å²) in [6.45, 7) is 7.35. The first-order valence-corrected chi connectivity index (χ1v) is 8.10. The second kappa shape index (κ2) is 6.69. The number of hydrogen-bond donors (Lipinski definition) is 2. The maximum Gasteiger partial charge on any atom is 0.302 e. The van der Waals surface area contributed by atoms with Gasteiger partial charge in [-0.15, -0.1) is 0 Å². The van der Waals surface area contributed by atoms with E-state index in [2.05, 4.69) is 0 Å². The van der Waals surface area contributed by atoms with Gasteiger partial charge >= 0.3 is 5.97 Å². The molecule has 2 N–H and O–H groups in total. The summed E-state index contributed by atoms with van der Waals surface area (Å²) in [4.78, 5) is 11.5. The largest absolute Gasteiger partial charge is 0.462 e. The maximum atomic E-state index is 11.5. The van der Waals surface area contributed by atoms with Crippen LogP contribution < -0.4 is 0 Å². The number of epoxide rings is 1. The third-order valence-corrected chi connectivity index (χ3v) is 4.90. The number of fused-ring (bicyclic) bond motifs is 1. The van der Waals surface area contributed by atoms with Crippen LogP contribution in [0.15, 0.2) is 11.6 Å². The summed E-state index contributed by atoms with van der Waals surface area (Å²) in [5.74, 6) is -0.451. The molecule has 5 atom stereocenters. The minimum atomic E-state index is -0.674. The summed E-state index contributed by atoms with van der Waals surface area (Å²) in [5, 5.41) is 20.3. The maximum absolute atomic E-state index is 11.5. The van der Waals surface area contributed by atoms with Crippen molar-refractivity contribution >= 4 is 5.97 Å². The highest BCUT2D eigenvalue weighted by atomic mass is 16.6. The van der Waals surface area contributed by atoms with Crippen LogP contribution in [0.3, 0.4) is 0 Å². The van der Waals surface area contributed by atoms with Crippen LogP contribution in [0.5, 0.6) is 0 Å². The summed E-state index contributed by atoms with van der Waals surface area (Å²) in [5.41, 5.74) is 0.536. The third kappa shape index (κ3) is 3.70. The van der Waals surface area contributed by atoms with E-state index in [0.29, 0.717) is 6.42 Å². The van der Waals surface area contributed by atoms with Crippen molar-refractivity contribution in [1.29, 1.82) is 0 Å². The Bertz CT molecular complexity index is 444. The summed E-state index contributed by atoms with van der Waals surface area (Å²) in [6.07, 6.45) is 2.75. The van der Waals surface area contributed by atoms with Crippen molar-refractivity contribution in [3.8, 4) is 0 Å². The molecular weight excluding hydrogens is 284 g/mol. The summed E-state index contributed by atoms with van der Waals surface area (Å²) >= 11 is 0. The SMILES string of the molecule is CC(=O)O[C@@H]1C/C(CO)=C\CC[C@@]2(C)O[C@H]2[C@@H](O)C1C(C)C. The summed E-state index contributed by atoms with van der Waals surface area (Å²) in [6, 6.07) is 0. The Morgan fingerprint density at radius 2 is 2.23 bits per heavy atom. The van der Waals surface area contributed by atoms with Gasteiger partial charge in [0.1, 0.15) is 12.2 Å². The lowest BCUT2D eigenvalue weighted by atomic mass is 9.78. The van der Waals surface area contributed by atoms with E-state index in [4.69, 9.17) is 9.47 Å². The van der Waals surface area contributed by atoms with Gasteiger partial charge in [-0.3, -0.25) is 4.79 Å². The van der Waals surface area contributed by atoms with Gasteiger partial charge in [0.2, 0.25) is 0 Å². The Labute approximate surface area is 132 Å². The van der Waals surface area contributed by atoms with Crippen LogP contribution in [0.2, 0.25) is 0 Å². The predicted octanol–water partition coefficient (Wildman–Crippen LogP) is 1.81. The van der Waals surface area contributed by atoms with Gasteiger partial charge in [-0.05, 0) is 31.3 Å². The second-order valence-corrected chi connectivity index (χ2v) is 7.07. The van der Waals surface area contributed by atoms with Crippen LogP contribution in [-0.2, 0) is 14.3 Å². The van der Waals surface area contributed by atoms with Gasteiger partial charge < -0.3 is 19.7 Å². The number of ether oxygens (including phenoxy) is 2.